The number of halogens is 1. The van der Waals surface area contributed by atoms with Crippen LogP contribution in [0, 0.1) is 0 Å². The Hall–Kier alpha value is 0.0900. The quantitative estimate of drug-likeness (QED) is 0.348. The van der Waals surface area contributed by atoms with Crippen LogP contribution in [-0.4, -0.2) is 70.5 Å². The van der Waals surface area contributed by atoms with E-state index in [-0.39, 0.29) is 12.7 Å². The van der Waals surface area contributed by atoms with Gasteiger partial charge in [-0.15, -0.1) is 11.6 Å². The Balaban J connectivity index is 2.84. The number of likely N-dealkylation sites (N-methyl/N-ethyl adjacent to an activating group) is 1. The summed E-state index contributed by atoms with van der Waals surface area (Å²) in [5, 5.41) is 28.1. The Kier molecular flexibility index (Phi) is 3.97. The van der Waals surface area contributed by atoms with Gasteiger partial charge in [-0.05, 0) is 6.92 Å². The maximum absolute atomic E-state index is 9.95. The van der Waals surface area contributed by atoms with Gasteiger partial charge in [0.05, 0.1) is 26.1 Å². The van der Waals surface area contributed by atoms with E-state index in [4.69, 9.17) is 21.4 Å². The lowest BCUT2D eigenvalue weighted by molar-refractivity contribution is -1.10. The fraction of sp³-hybridized carbons (Fsp3) is 1.00. The molecule has 1 rings (SSSR count). The molecule has 1 aliphatic heterocycles. The molecule has 0 spiro atoms. The van der Waals surface area contributed by atoms with Crippen LogP contribution >= 0.6 is 11.6 Å². The van der Waals surface area contributed by atoms with Crippen molar-refractivity contribution in [2.75, 3.05) is 20.7 Å². The zero-order valence-corrected chi connectivity index (χ0v) is 9.92. The zero-order valence-electron chi connectivity index (χ0n) is 9.17. The number of nitrogens with zero attached hydrogens (tertiary/aromatic N) is 1. The molecular weight excluding hydrogens is 222 g/mol. The Labute approximate surface area is 94.4 Å². The maximum Gasteiger partial charge on any atom is 0.172 e. The Morgan fingerprint density at radius 1 is 1.40 bits per heavy atom. The first-order valence-electron chi connectivity index (χ1n) is 4.94. The van der Waals surface area contributed by atoms with Crippen LogP contribution in [0.15, 0.2) is 0 Å². The molecule has 1 heterocycles. The largest absolute Gasteiger partial charge is 0.394 e. The van der Waals surface area contributed by atoms with E-state index in [9.17, 15) is 10.3 Å². The summed E-state index contributed by atoms with van der Waals surface area (Å²) in [5.41, 5.74) is 0. The van der Waals surface area contributed by atoms with Crippen molar-refractivity contribution in [1.29, 1.82) is 0 Å². The third kappa shape index (κ3) is 2.61. The molecule has 6 heteroatoms. The monoisotopic (exact) mass is 240 g/mol. The molecule has 0 saturated carbocycles. The number of rotatable bonds is 2. The van der Waals surface area contributed by atoms with E-state index in [0.717, 1.165) is 0 Å². The molecule has 3 unspecified atom stereocenters. The van der Waals surface area contributed by atoms with Crippen LogP contribution in [0.4, 0.5) is 0 Å². The van der Waals surface area contributed by atoms with Gasteiger partial charge in [0, 0.05) is 0 Å². The van der Waals surface area contributed by atoms with Crippen LogP contribution in [0.3, 0.4) is 0 Å². The Morgan fingerprint density at radius 2 is 1.93 bits per heavy atom. The molecule has 0 aromatic carbocycles. The number of ether oxygens (including phenoxy) is 1. The molecule has 90 valence electrons. The predicted octanol–water partition coefficient (Wildman–Crippen LogP) is -0.432. The van der Waals surface area contributed by atoms with E-state index in [1.54, 1.807) is 21.0 Å². The minimum Gasteiger partial charge on any atom is -0.394 e. The normalized spacial score (nSPS) is 43.0. The summed E-state index contributed by atoms with van der Waals surface area (Å²) in [6, 6.07) is -0.518. The highest BCUT2D eigenvalue weighted by Gasteiger charge is 2.50. The molecule has 0 amide bonds. The Morgan fingerprint density at radius 3 is 2.33 bits per heavy atom. The molecule has 0 bridgehead atoms. The van der Waals surface area contributed by atoms with Crippen LogP contribution in [0.25, 0.3) is 0 Å². The van der Waals surface area contributed by atoms with Crippen molar-refractivity contribution in [1.82, 2.24) is 0 Å². The summed E-state index contributed by atoms with van der Waals surface area (Å²) >= 11 is 5.94. The summed E-state index contributed by atoms with van der Waals surface area (Å²) in [6.07, 6.45) is -1.86. The molecule has 0 aromatic rings. The molecule has 0 aromatic heterocycles. The van der Waals surface area contributed by atoms with Gasteiger partial charge in [-0.1, -0.05) is 0 Å². The lowest BCUT2D eigenvalue weighted by Crippen LogP contribution is -2.66. The van der Waals surface area contributed by atoms with Gasteiger partial charge in [-0.2, -0.15) is 4.65 Å². The molecule has 0 radical (unpaired) electrons. The number of alkyl halides is 1. The third-order valence-electron chi connectivity index (χ3n) is 2.81. The molecular formula is C9H19ClNO4+. The minimum atomic E-state index is -0.910. The number of aliphatic hydroxyl groups excluding tert-OH is 2. The molecule has 5 atom stereocenters. The van der Waals surface area contributed by atoms with Gasteiger partial charge in [0.2, 0.25) is 0 Å². The van der Waals surface area contributed by atoms with Crippen molar-refractivity contribution in [3.05, 3.63) is 0 Å². The summed E-state index contributed by atoms with van der Waals surface area (Å²) < 4.78 is 5.03. The summed E-state index contributed by atoms with van der Waals surface area (Å²) in [7, 11) is 3.10. The van der Waals surface area contributed by atoms with E-state index in [1.165, 1.54) is 0 Å². The molecule has 15 heavy (non-hydrogen) atoms. The van der Waals surface area contributed by atoms with Gasteiger partial charge in [0.25, 0.3) is 0 Å². The summed E-state index contributed by atoms with van der Waals surface area (Å²) in [5.74, 6) is 0. The smallest absolute Gasteiger partial charge is 0.172 e. The average Bonchev–Trinajstić information content (AvgIpc) is 2.09. The fourth-order valence-electron chi connectivity index (χ4n) is 2.15. The first kappa shape index (κ1) is 13.2. The number of hydrogen-bond donors (Lipinski definition) is 3. The van der Waals surface area contributed by atoms with Crippen LogP contribution in [0.2, 0.25) is 0 Å². The van der Waals surface area contributed by atoms with Crippen molar-refractivity contribution in [2.45, 2.75) is 36.7 Å². The van der Waals surface area contributed by atoms with Crippen LogP contribution in [0.5, 0.6) is 0 Å². The number of hydrogen-bond acceptors (Lipinski definition) is 4. The fourth-order valence-corrected chi connectivity index (χ4v) is 2.44. The van der Waals surface area contributed by atoms with Gasteiger partial charge in [0.1, 0.15) is 18.3 Å². The number of aliphatic hydroxyl groups is 2. The molecule has 0 aliphatic carbocycles. The van der Waals surface area contributed by atoms with Crippen LogP contribution in [-0.2, 0) is 4.74 Å². The van der Waals surface area contributed by atoms with Crippen molar-refractivity contribution in [3.8, 4) is 0 Å². The second-order valence-corrected chi connectivity index (χ2v) is 4.97. The van der Waals surface area contributed by atoms with E-state index in [0.29, 0.717) is 0 Å². The predicted molar refractivity (Wildman–Crippen MR) is 54.8 cm³/mol. The SMILES string of the molecule is C[C@@H]1OC(CO)[C@@H](Cl)C(O)C1[N+](C)(C)O. The lowest BCUT2D eigenvalue weighted by Gasteiger charge is -2.44. The second kappa shape index (κ2) is 4.53. The number of quaternary nitrogens is 1. The minimum absolute atomic E-state index is 0.235. The Bertz CT molecular complexity index is 221. The first-order valence-corrected chi connectivity index (χ1v) is 5.37. The topological polar surface area (TPSA) is 69.9 Å². The van der Waals surface area contributed by atoms with Crippen molar-refractivity contribution in [2.24, 2.45) is 0 Å². The molecule has 3 N–H and O–H groups in total. The van der Waals surface area contributed by atoms with Crippen molar-refractivity contribution < 1.29 is 24.8 Å². The summed E-state index contributed by atoms with van der Waals surface area (Å²) in [6.45, 7) is 1.51. The molecule has 1 fully saturated rings. The van der Waals surface area contributed by atoms with Gasteiger partial charge < -0.3 is 14.9 Å². The number of hydroxylamine groups is 3. The van der Waals surface area contributed by atoms with E-state index in [1.807, 2.05) is 0 Å². The highest BCUT2D eigenvalue weighted by Crippen LogP contribution is 2.29. The second-order valence-electron chi connectivity index (χ2n) is 4.47. The van der Waals surface area contributed by atoms with E-state index < -0.39 is 28.3 Å². The zero-order chi connectivity index (χ0) is 11.8. The van der Waals surface area contributed by atoms with Gasteiger partial charge in [0.15, 0.2) is 6.04 Å². The standard InChI is InChI=1S/C9H19ClNO4/c1-5-8(11(2,3)14)9(13)7(10)6(4-12)15-5/h5-9,12-14H,4H2,1-3H3/q+1/t5-,6?,7+,8?,9?/m0/s1. The van der Waals surface area contributed by atoms with Crippen molar-refractivity contribution in [3.63, 3.8) is 0 Å². The van der Waals surface area contributed by atoms with E-state index >= 15 is 0 Å². The lowest BCUT2D eigenvalue weighted by atomic mass is 9.94. The highest BCUT2D eigenvalue weighted by atomic mass is 35.5. The van der Waals surface area contributed by atoms with Gasteiger partial charge in [-0.3, -0.25) is 0 Å². The average molecular weight is 241 g/mol. The maximum atomic E-state index is 9.95. The summed E-state index contributed by atoms with van der Waals surface area (Å²) in [4.78, 5) is 0. The highest BCUT2D eigenvalue weighted by molar-refractivity contribution is 6.21. The molecule has 5 nitrogen and oxygen atoms in total. The van der Waals surface area contributed by atoms with Gasteiger partial charge in [-0.25, -0.2) is 5.21 Å². The van der Waals surface area contributed by atoms with Crippen LogP contribution in [0.1, 0.15) is 6.92 Å². The third-order valence-corrected chi connectivity index (χ3v) is 3.35. The van der Waals surface area contributed by atoms with Crippen LogP contribution < -0.4 is 0 Å². The molecule has 1 saturated heterocycles. The van der Waals surface area contributed by atoms with Gasteiger partial charge >= 0.3 is 0 Å². The van der Waals surface area contributed by atoms with Crippen molar-refractivity contribution >= 4 is 11.6 Å². The molecule has 1 aliphatic rings. The first-order chi connectivity index (χ1) is 6.79. The van der Waals surface area contributed by atoms with E-state index in [2.05, 4.69) is 0 Å².